The van der Waals surface area contributed by atoms with Crippen molar-refractivity contribution in [3.63, 3.8) is 0 Å². The van der Waals surface area contributed by atoms with Gasteiger partial charge in [-0.2, -0.15) is 0 Å². The molecule has 7 heteroatoms. The third-order valence-corrected chi connectivity index (χ3v) is 4.36. The second-order valence-electron chi connectivity index (χ2n) is 6.13. The molecule has 2 aliphatic rings. The normalized spacial score (nSPS) is 18.4. The van der Waals surface area contributed by atoms with E-state index in [4.69, 9.17) is 0 Å². The number of amides is 1. The van der Waals surface area contributed by atoms with Crippen molar-refractivity contribution in [3.05, 3.63) is 29.8 Å². The Morgan fingerprint density at radius 3 is 2.79 bits per heavy atom. The molecule has 1 aliphatic heterocycles. The highest BCUT2D eigenvalue weighted by atomic mass is 127. The van der Waals surface area contributed by atoms with E-state index >= 15 is 0 Å². The largest absolute Gasteiger partial charge is 0.508 e. The van der Waals surface area contributed by atoms with Crippen LogP contribution < -0.4 is 5.32 Å². The molecule has 0 bridgehead atoms. The minimum atomic E-state index is 0. The van der Waals surface area contributed by atoms with Gasteiger partial charge in [0.15, 0.2) is 5.96 Å². The number of carbonyl (C=O) groups is 1. The van der Waals surface area contributed by atoms with Crippen molar-refractivity contribution >= 4 is 35.8 Å². The molecule has 1 saturated carbocycles. The Bertz CT molecular complexity index is 604. The maximum atomic E-state index is 12.2. The van der Waals surface area contributed by atoms with Gasteiger partial charge in [0.2, 0.25) is 5.91 Å². The molecule has 24 heavy (non-hydrogen) atoms. The Labute approximate surface area is 159 Å². The third-order valence-electron chi connectivity index (χ3n) is 4.36. The van der Waals surface area contributed by atoms with Crippen LogP contribution in [-0.2, 0) is 11.2 Å². The van der Waals surface area contributed by atoms with E-state index in [2.05, 4.69) is 10.3 Å². The van der Waals surface area contributed by atoms with E-state index in [-0.39, 0.29) is 35.6 Å². The smallest absolute Gasteiger partial charge is 0.242 e. The number of phenolic OH excluding ortho intramolecular Hbond substituents is 1. The van der Waals surface area contributed by atoms with Gasteiger partial charge in [-0.15, -0.1) is 24.0 Å². The summed E-state index contributed by atoms with van der Waals surface area (Å²) in [7, 11) is 1.74. The van der Waals surface area contributed by atoms with Crippen LogP contribution in [0.5, 0.6) is 5.75 Å². The zero-order chi connectivity index (χ0) is 16.2. The average Bonchev–Trinajstić information content (AvgIpc) is 3.36. The lowest BCUT2D eigenvalue weighted by atomic mass is 10.1. The number of carbonyl (C=O) groups excluding carboxylic acids is 1. The monoisotopic (exact) mass is 444 g/mol. The van der Waals surface area contributed by atoms with E-state index in [0.29, 0.717) is 19.1 Å². The van der Waals surface area contributed by atoms with Crippen LogP contribution in [0.1, 0.15) is 18.4 Å². The van der Waals surface area contributed by atoms with Gasteiger partial charge in [-0.25, -0.2) is 0 Å². The molecule has 0 radical (unpaired) electrons. The van der Waals surface area contributed by atoms with Crippen LogP contribution in [-0.4, -0.2) is 66.0 Å². The summed E-state index contributed by atoms with van der Waals surface area (Å²) in [6.45, 7) is 2.74. The minimum Gasteiger partial charge on any atom is -0.508 e. The summed E-state index contributed by atoms with van der Waals surface area (Å²) in [5.41, 5.74) is 1.07. The Balaban J connectivity index is 0.00000208. The van der Waals surface area contributed by atoms with Gasteiger partial charge in [0.05, 0.1) is 6.54 Å². The number of nitrogens with one attached hydrogen (secondary N) is 1. The molecule has 1 aromatic rings. The van der Waals surface area contributed by atoms with Crippen LogP contribution in [0.3, 0.4) is 0 Å². The number of hydrogen-bond donors (Lipinski definition) is 2. The molecule has 0 aromatic heterocycles. The van der Waals surface area contributed by atoms with E-state index < -0.39 is 0 Å². The van der Waals surface area contributed by atoms with Gasteiger partial charge in [-0.05, 0) is 37.0 Å². The first-order valence-corrected chi connectivity index (χ1v) is 8.20. The molecule has 1 amide bonds. The standard InChI is InChI=1S/C17H24N4O2.HI/c1-18-17(19-8-7-13-3-2-4-15(22)11-13)20-9-10-21(14-5-6-14)16(23)12-20;/h2-4,11,14,22H,5-10,12H2,1H3,(H,18,19);1H. The third kappa shape index (κ3) is 4.75. The number of aromatic hydroxyl groups is 1. The second kappa shape index (κ2) is 8.55. The Morgan fingerprint density at radius 2 is 2.17 bits per heavy atom. The van der Waals surface area contributed by atoms with E-state index in [0.717, 1.165) is 43.9 Å². The quantitative estimate of drug-likeness (QED) is 0.419. The number of piperazine rings is 1. The van der Waals surface area contributed by atoms with Crippen LogP contribution in [0.2, 0.25) is 0 Å². The summed E-state index contributed by atoms with van der Waals surface area (Å²) in [6, 6.07) is 7.76. The van der Waals surface area contributed by atoms with Crippen molar-refractivity contribution < 1.29 is 9.90 Å². The van der Waals surface area contributed by atoms with Gasteiger partial charge in [0, 0.05) is 32.7 Å². The average molecular weight is 444 g/mol. The summed E-state index contributed by atoms with van der Waals surface area (Å²) in [6.07, 6.45) is 3.11. The molecular formula is C17H25IN4O2. The van der Waals surface area contributed by atoms with Crippen LogP contribution >= 0.6 is 24.0 Å². The lowest BCUT2D eigenvalue weighted by Gasteiger charge is -2.36. The summed E-state index contributed by atoms with van der Waals surface area (Å²) in [5.74, 6) is 1.26. The molecule has 3 rings (SSSR count). The summed E-state index contributed by atoms with van der Waals surface area (Å²) in [4.78, 5) is 20.5. The van der Waals surface area contributed by atoms with Gasteiger partial charge in [-0.3, -0.25) is 9.79 Å². The van der Waals surface area contributed by atoms with Crippen molar-refractivity contribution in [2.24, 2.45) is 4.99 Å². The minimum absolute atomic E-state index is 0. The van der Waals surface area contributed by atoms with Gasteiger partial charge < -0.3 is 20.2 Å². The van der Waals surface area contributed by atoms with Crippen molar-refractivity contribution in [3.8, 4) is 5.75 Å². The molecule has 2 fully saturated rings. The van der Waals surface area contributed by atoms with E-state index in [1.807, 2.05) is 21.9 Å². The fourth-order valence-corrected chi connectivity index (χ4v) is 3.00. The SMILES string of the molecule is CN=C(NCCc1cccc(O)c1)N1CCN(C2CC2)C(=O)C1.I. The number of benzene rings is 1. The summed E-state index contributed by atoms with van der Waals surface area (Å²) >= 11 is 0. The van der Waals surface area contributed by atoms with Crippen LogP contribution in [0, 0.1) is 0 Å². The van der Waals surface area contributed by atoms with E-state index in [1.165, 1.54) is 0 Å². The summed E-state index contributed by atoms with van der Waals surface area (Å²) in [5, 5.41) is 12.8. The number of phenols is 1. The van der Waals surface area contributed by atoms with Crippen LogP contribution in [0.4, 0.5) is 0 Å². The van der Waals surface area contributed by atoms with Crippen molar-refractivity contribution in [1.82, 2.24) is 15.1 Å². The fourth-order valence-electron chi connectivity index (χ4n) is 3.00. The highest BCUT2D eigenvalue weighted by Crippen LogP contribution is 2.28. The van der Waals surface area contributed by atoms with Gasteiger partial charge in [-0.1, -0.05) is 12.1 Å². The first-order valence-electron chi connectivity index (χ1n) is 8.20. The summed E-state index contributed by atoms with van der Waals surface area (Å²) < 4.78 is 0. The molecular weight excluding hydrogens is 419 g/mol. The zero-order valence-corrected chi connectivity index (χ0v) is 16.3. The Kier molecular flexibility index (Phi) is 6.70. The Hall–Kier alpha value is -1.51. The highest BCUT2D eigenvalue weighted by molar-refractivity contribution is 14.0. The number of aliphatic imine (C=N–C) groups is 1. The topological polar surface area (TPSA) is 68.2 Å². The number of halogens is 1. The van der Waals surface area contributed by atoms with Gasteiger partial charge >= 0.3 is 0 Å². The fraction of sp³-hybridized carbons (Fsp3) is 0.529. The lowest BCUT2D eigenvalue weighted by Crippen LogP contribution is -2.55. The molecule has 2 N–H and O–H groups in total. The van der Waals surface area contributed by atoms with Gasteiger partial charge in [0.1, 0.15) is 5.75 Å². The van der Waals surface area contributed by atoms with Crippen molar-refractivity contribution in [1.29, 1.82) is 0 Å². The molecule has 1 heterocycles. The van der Waals surface area contributed by atoms with Gasteiger partial charge in [0.25, 0.3) is 0 Å². The van der Waals surface area contributed by atoms with E-state index in [9.17, 15) is 9.90 Å². The molecule has 1 aliphatic carbocycles. The second-order valence-corrected chi connectivity index (χ2v) is 6.13. The molecule has 0 unspecified atom stereocenters. The predicted molar refractivity (Wildman–Crippen MR) is 105 cm³/mol. The van der Waals surface area contributed by atoms with Crippen LogP contribution in [0.15, 0.2) is 29.3 Å². The first-order chi connectivity index (χ1) is 11.2. The molecule has 0 spiro atoms. The number of guanidine groups is 1. The number of rotatable bonds is 4. The maximum absolute atomic E-state index is 12.2. The van der Waals surface area contributed by atoms with Crippen molar-refractivity contribution in [2.75, 3.05) is 33.2 Å². The zero-order valence-electron chi connectivity index (χ0n) is 13.9. The first kappa shape index (κ1) is 18.8. The van der Waals surface area contributed by atoms with Crippen LogP contribution in [0.25, 0.3) is 0 Å². The molecule has 1 aromatic carbocycles. The number of nitrogens with zero attached hydrogens (tertiary/aromatic N) is 3. The highest BCUT2D eigenvalue weighted by Gasteiger charge is 2.36. The molecule has 0 atom stereocenters. The predicted octanol–water partition coefficient (Wildman–Crippen LogP) is 1.43. The molecule has 6 nitrogen and oxygen atoms in total. The lowest BCUT2D eigenvalue weighted by molar-refractivity contribution is -0.135. The molecule has 1 saturated heterocycles. The van der Waals surface area contributed by atoms with Crippen molar-refractivity contribution in [2.45, 2.75) is 25.3 Å². The number of hydrogen-bond acceptors (Lipinski definition) is 3. The molecule has 132 valence electrons. The Morgan fingerprint density at radius 1 is 1.38 bits per heavy atom. The van der Waals surface area contributed by atoms with E-state index in [1.54, 1.807) is 19.2 Å². The maximum Gasteiger partial charge on any atom is 0.242 e.